The number of phenolic OH excluding ortho intramolecular Hbond substituents is 2. The maximum atomic E-state index is 11.6. The fourth-order valence-electron chi connectivity index (χ4n) is 7.70. The van der Waals surface area contributed by atoms with E-state index in [0.717, 1.165) is 52.0 Å². The van der Waals surface area contributed by atoms with Crippen LogP contribution in [-0.2, 0) is 41.0 Å². The fourth-order valence-corrected chi connectivity index (χ4v) is 7.70. The molecule has 1 unspecified atom stereocenters. The maximum Gasteiger partial charge on any atom is 0.123 e. The molecule has 0 heterocycles. The van der Waals surface area contributed by atoms with Crippen LogP contribution in [0.4, 0.5) is 11.4 Å². The zero-order valence-corrected chi connectivity index (χ0v) is 36.2. The highest BCUT2D eigenvalue weighted by molar-refractivity contribution is 5.69. The second kappa shape index (κ2) is 15.2. The molecule has 4 rings (SSSR count). The van der Waals surface area contributed by atoms with Crippen molar-refractivity contribution in [2.24, 2.45) is 11.3 Å². The van der Waals surface area contributed by atoms with E-state index in [1.54, 1.807) is 0 Å². The zero-order valence-electron chi connectivity index (χ0n) is 36.2. The Morgan fingerprint density at radius 1 is 0.472 bits per heavy atom. The van der Waals surface area contributed by atoms with E-state index >= 15 is 0 Å². The van der Waals surface area contributed by atoms with Crippen LogP contribution in [0.25, 0.3) is 0 Å². The molecule has 0 saturated carbocycles. The van der Waals surface area contributed by atoms with Crippen LogP contribution in [-0.4, -0.2) is 10.2 Å². The number of aromatic hydroxyl groups is 2. The Labute approximate surface area is 323 Å². The topological polar surface area (TPSA) is 43.7 Å². The summed E-state index contributed by atoms with van der Waals surface area (Å²) >= 11 is 0. The van der Waals surface area contributed by atoms with Crippen LogP contribution in [0.15, 0.2) is 72.8 Å². The van der Waals surface area contributed by atoms with Gasteiger partial charge in [-0.2, -0.15) is 0 Å². The van der Waals surface area contributed by atoms with E-state index in [1.807, 2.05) is 0 Å². The molecule has 53 heavy (non-hydrogen) atoms. The molecule has 4 aromatic rings. The highest BCUT2D eigenvalue weighted by atomic mass is 16.3. The minimum Gasteiger partial charge on any atom is -0.507 e. The van der Waals surface area contributed by atoms with Gasteiger partial charge in [0.15, 0.2) is 0 Å². The summed E-state index contributed by atoms with van der Waals surface area (Å²) < 4.78 is 0. The third kappa shape index (κ3) is 10.9. The van der Waals surface area contributed by atoms with Gasteiger partial charge in [0.25, 0.3) is 0 Å². The highest BCUT2D eigenvalue weighted by Gasteiger charge is 2.30. The molecule has 4 aromatic carbocycles. The molecular formula is C50H71NO2. The van der Waals surface area contributed by atoms with Crippen molar-refractivity contribution in [1.29, 1.82) is 0 Å². The van der Waals surface area contributed by atoms with Crippen LogP contribution < -0.4 is 4.90 Å². The molecule has 3 nitrogen and oxygen atoms in total. The van der Waals surface area contributed by atoms with Crippen molar-refractivity contribution < 1.29 is 10.2 Å². The smallest absolute Gasteiger partial charge is 0.123 e. The Hall–Kier alpha value is -3.72. The summed E-state index contributed by atoms with van der Waals surface area (Å²) in [4.78, 5) is 2.38. The molecule has 0 aliphatic rings. The average molecular weight is 718 g/mol. The largest absolute Gasteiger partial charge is 0.507 e. The van der Waals surface area contributed by atoms with Crippen molar-refractivity contribution in [3.05, 3.63) is 117 Å². The Balaban J connectivity index is 1.79. The Morgan fingerprint density at radius 3 is 1.21 bits per heavy atom. The molecule has 0 saturated heterocycles. The summed E-state index contributed by atoms with van der Waals surface area (Å²) in [6.45, 7) is 36.0. The molecular weight excluding hydrogens is 647 g/mol. The fraction of sp³-hybridized carbons (Fsp3) is 0.520. The molecule has 2 N–H and O–H groups in total. The van der Waals surface area contributed by atoms with Gasteiger partial charge >= 0.3 is 0 Å². The van der Waals surface area contributed by atoms with Gasteiger partial charge in [-0.15, -0.1) is 0 Å². The van der Waals surface area contributed by atoms with Gasteiger partial charge in [-0.1, -0.05) is 147 Å². The van der Waals surface area contributed by atoms with E-state index < -0.39 is 0 Å². The van der Waals surface area contributed by atoms with E-state index in [0.29, 0.717) is 29.4 Å². The minimum atomic E-state index is -0.257. The lowest BCUT2D eigenvalue weighted by molar-refractivity contribution is 0.306. The minimum absolute atomic E-state index is 0.229. The molecule has 0 fully saturated rings. The van der Waals surface area contributed by atoms with Gasteiger partial charge in [0, 0.05) is 29.0 Å². The number of rotatable bonds is 9. The van der Waals surface area contributed by atoms with Crippen molar-refractivity contribution in [2.75, 3.05) is 4.90 Å². The zero-order chi connectivity index (χ0) is 39.9. The quantitative estimate of drug-likeness (QED) is 0.181. The van der Waals surface area contributed by atoms with Crippen LogP contribution in [0.2, 0.25) is 0 Å². The summed E-state index contributed by atoms with van der Waals surface area (Å²) in [5.41, 5.74) is 10.4. The molecule has 0 bridgehead atoms. The number of hydrogen-bond acceptors (Lipinski definition) is 3. The van der Waals surface area contributed by atoms with Gasteiger partial charge in [0.05, 0.1) is 0 Å². The predicted molar refractivity (Wildman–Crippen MR) is 229 cm³/mol. The van der Waals surface area contributed by atoms with Gasteiger partial charge in [-0.25, -0.2) is 0 Å². The number of hydrogen-bond donors (Lipinski definition) is 2. The second-order valence-corrected chi connectivity index (χ2v) is 21.2. The lowest BCUT2D eigenvalue weighted by Crippen LogP contribution is -2.23. The third-order valence-corrected chi connectivity index (χ3v) is 10.4. The summed E-state index contributed by atoms with van der Waals surface area (Å²) in [7, 11) is 0. The maximum absolute atomic E-state index is 11.6. The Morgan fingerprint density at radius 2 is 0.830 bits per heavy atom. The lowest BCUT2D eigenvalue weighted by Gasteiger charge is -2.33. The normalized spacial score (nSPS) is 13.7. The first-order valence-electron chi connectivity index (χ1n) is 19.8. The number of nitrogens with zero attached hydrogens (tertiary/aromatic N) is 1. The van der Waals surface area contributed by atoms with E-state index in [1.165, 1.54) is 23.1 Å². The van der Waals surface area contributed by atoms with Gasteiger partial charge in [0.1, 0.15) is 11.5 Å². The first kappa shape index (κ1) is 42.0. The summed E-state index contributed by atoms with van der Waals surface area (Å²) in [6, 6.07) is 27.0. The molecule has 0 aliphatic carbocycles. The molecule has 1 atom stereocenters. The van der Waals surface area contributed by atoms with E-state index in [9.17, 15) is 10.2 Å². The monoisotopic (exact) mass is 718 g/mol. The molecule has 0 spiro atoms. The highest BCUT2D eigenvalue weighted by Crippen LogP contribution is 2.45. The van der Waals surface area contributed by atoms with Gasteiger partial charge in [-0.05, 0) is 122 Å². The average Bonchev–Trinajstić information content (AvgIpc) is 2.99. The number of benzene rings is 4. The van der Waals surface area contributed by atoms with Gasteiger partial charge in [-0.3, -0.25) is 0 Å². The molecule has 3 heteroatoms. The SMILES string of the molecule is CC(Cc1ccc(Cc2ccc(N(Cc3cc(C(C)(C)C)c(O)c(C(C)(C)C)c3)c3cc(C(C)(C)C)c(O)c(C(C)(C)C)c3)cc2)cc1)CC(C)(C)C. The first-order valence-corrected chi connectivity index (χ1v) is 19.8. The van der Waals surface area contributed by atoms with Crippen LogP contribution in [0, 0.1) is 11.3 Å². The molecule has 0 aromatic heterocycles. The summed E-state index contributed by atoms with van der Waals surface area (Å²) in [6.07, 6.45) is 3.21. The van der Waals surface area contributed by atoms with Crippen molar-refractivity contribution >= 4 is 11.4 Å². The van der Waals surface area contributed by atoms with E-state index in [4.69, 9.17) is 0 Å². The van der Waals surface area contributed by atoms with Crippen LogP contribution in [0.3, 0.4) is 0 Å². The van der Waals surface area contributed by atoms with Crippen molar-refractivity contribution in [1.82, 2.24) is 0 Å². The van der Waals surface area contributed by atoms with E-state index in [2.05, 4.69) is 188 Å². The Kier molecular flexibility index (Phi) is 12.0. The van der Waals surface area contributed by atoms with Gasteiger partial charge < -0.3 is 15.1 Å². The lowest BCUT2D eigenvalue weighted by atomic mass is 9.78. The van der Waals surface area contributed by atoms with Crippen LogP contribution >= 0.6 is 0 Å². The van der Waals surface area contributed by atoms with Crippen molar-refractivity contribution in [2.45, 2.75) is 158 Å². The van der Waals surface area contributed by atoms with Crippen molar-refractivity contribution in [3.63, 3.8) is 0 Å². The summed E-state index contributed by atoms with van der Waals surface area (Å²) in [5, 5.41) is 23.2. The summed E-state index contributed by atoms with van der Waals surface area (Å²) in [5.74, 6) is 1.44. The number of phenols is 2. The first-order chi connectivity index (χ1) is 24.1. The van der Waals surface area contributed by atoms with Crippen molar-refractivity contribution in [3.8, 4) is 11.5 Å². The third-order valence-electron chi connectivity index (χ3n) is 10.4. The Bertz CT molecular complexity index is 1770. The second-order valence-electron chi connectivity index (χ2n) is 21.2. The van der Waals surface area contributed by atoms with Gasteiger partial charge in [0.2, 0.25) is 0 Å². The number of anilines is 2. The van der Waals surface area contributed by atoms with E-state index in [-0.39, 0.29) is 21.7 Å². The standard InChI is InChI=1S/C50H71NO2/c1-33(31-46(2,3)4)25-34-17-19-35(20-18-34)26-36-21-23-38(24-22-36)51(39-29-42(49(11,12)13)45(53)43(30-39)50(14,15)16)32-37-27-40(47(5,6)7)44(52)41(28-37)48(8,9)10/h17-24,27-30,33,52-53H,25-26,31-32H2,1-16H3. The van der Waals surface area contributed by atoms with Crippen LogP contribution in [0.5, 0.6) is 11.5 Å². The molecule has 0 aliphatic heterocycles. The molecule has 288 valence electrons. The predicted octanol–water partition coefficient (Wildman–Crippen LogP) is 13.8. The molecule has 0 radical (unpaired) electrons. The molecule has 0 amide bonds. The van der Waals surface area contributed by atoms with Crippen LogP contribution in [0.1, 0.15) is 162 Å².